The third kappa shape index (κ3) is 4.59. The number of nitrogens with one attached hydrogen (secondary N) is 2. The largest absolute Gasteiger partial charge is 0.388 e. The lowest BCUT2D eigenvalue weighted by Gasteiger charge is -2.32. The van der Waals surface area contributed by atoms with Crippen molar-refractivity contribution in [2.24, 2.45) is 0 Å². The Kier molecular flexibility index (Phi) is 6.04. The van der Waals surface area contributed by atoms with Crippen molar-refractivity contribution in [2.75, 3.05) is 56.2 Å². The molecule has 2 aromatic heterocycles. The molecule has 10 nitrogen and oxygen atoms in total. The number of piperidine rings is 1. The number of para-hydroxylation sites is 2. The average Bonchev–Trinajstić information content (AvgIpc) is 3.24. The zero-order valence-corrected chi connectivity index (χ0v) is 18.0. The molecule has 176 valence electrons. The Balaban J connectivity index is 1.56. The number of aromatic nitrogens is 5. The Labute approximate surface area is 189 Å². The molecule has 2 aliphatic heterocycles. The molecule has 3 N–H and O–H groups in total. The zero-order valence-electron chi connectivity index (χ0n) is 18.0. The van der Waals surface area contributed by atoms with Gasteiger partial charge in [0.05, 0.1) is 29.8 Å². The molecule has 0 radical (unpaired) electrons. The molecule has 0 atom stereocenters. The first-order chi connectivity index (χ1) is 16.0. The van der Waals surface area contributed by atoms with Crippen molar-refractivity contribution in [3.05, 3.63) is 30.1 Å². The second-order valence-electron chi connectivity index (χ2n) is 8.28. The number of imidazole rings is 1. The molecule has 0 aliphatic carbocycles. The van der Waals surface area contributed by atoms with E-state index in [1.165, 1.54) is 4.57 Å². The van der Waals surface area contributed by atoms with Gasteiger partial charge in [-0.25, -0.2) is 13.8 Å². The Bertz CT molecular complexity index is 1110. The second kappa shape index (κ2) is 9.12. The summed E-state index contributed by atoms with van der Waals surface area (Å²) in [6.45, 7) is 3.87. The number of morpholine rings is 1. The third-order valence-corrected chi connectivity index (χ3v) is 6.00. The van der Waals surface area contributed by atoms with Crippen molar-refractivity contribution < 1.29 is 18.6 Å². The van der Waals surface area contributed by atoms with Gasteiger partial charge in [-0.15, -0.1) is 0 Å². The van der Waals surface area contributed by atoms with Crippen molar-refractivity contribution in [3.8, 4) is 5.95 Å². The lowest BCUT2D eigenvalue weighted by atomic mass is 9.92. The van der Waals surface area contributed by atoms with Crippen molar-refractivity contribution >= 4 is 22.9 Å². The van der Waals surface area contributed by atoms with Gasteiger partial charge in [-0.1, -0.05) is 12.1 Å². The molecular formula is C21H26F2N8O2. The fourth-order valence-corrected chi connectivity index (χ4v) is 4.15. The number of hydrogen-bond acceptors (Lipinski definition) is 9. The maximum Gasteiger partial charge on any atom is 0.296 e. The molecule has 2 aliphatic rings. The van der Waals surface area contributed by atoms with E-state index in [1.54, 1.807) is 24.3 Å². The average molecular weight is 460 g/mol. The predicted molar refractivity (Wildman–Crippen MR) is 118 cm³/mol. The Hall–Kier alpha value is -2.96. The second-order valence-corrected chi connectivity index (χ2v) is 8.28. The van der Waals surface area contributed by atoms with Crippen molar-refractivity contribution in [2.45, 2.75) is 24.9 Å². The summed E-state index contributed by atoms with van der Waals surface area (Å²) in [6.07, 6.45) is -1.63. The number of aliphatic hydroxyl groups is 1. The Morgan fingerprint density at radius 2 is 1.79 bits per heavy atom. The topological polar surface area (TPSA) is 113 Å². The van der Waals surface area contributed by atoms with Gasteiger partial charge in [0.15, 0.2) is 5.82 Å². The van der Waals surface area contributed by atoms with Crippen LogP contribution in [0, 0.1) is 0 Å². The third-order valence-electron chi connectivity index (χ3n) is 6.00. The van der Waals surface area contributed by atoms with E-state index < -0.39 is 17.9 Å². The smallest absolute Gasteiger partial charge is 0.296 e. The van der Waals surface area contributed by atoms with Crippen LogP contribution >= 0.6 is 0 Å². The molecule has 3 aromatic rings. The van der Waals surface area contributed by atoms with Crippen molar-refractivity contribution in [3.63, 3.8) is 0 Å². The molecule has 2 saturated heterocycles. The Morgan fingerprint density at radius 1 is 1.06 bits per heavy atom. The summed E-state index contributed by atoms with van der Waals surface area (Å²) in [7, 11) is 0. The minimum absolute atomic E-state index is 0.0512. The summed E-state index contributed by atoms with van der Waals surface area (Å²) in [5, 5.41) is 17.2. The lowest BCUT2D eigenvalue weighted by Crippen LogP contribution is -2.46. The first-order valence-electron chi connectivity index (χ1n) is 11.0. The van der Waals surface area contributed by atoms with Gasteiger partial charge in [0.2, 0.25) is 17.8 Å². The van der Waals surface area contributed by atoms with E-state index in [4.69, 9.17) is 4.74 Å². The van der Waals surface area contributed by atoms with Crippen LogP contribution in [0.25, 0.3) is 17.0 Å². The van der Waals surface area contributed by atoms with Gasteiger partial charge in [0, 0.05) is 19.6 Å². The Morgan fingerprint density at radius 3 is 2.55 bits per heavy atom. The van der Waals surface area contributed by atoms with Crippen LogP contribution in [0.1, 0.15) is 25.1 Å². The molecule has 33 heavy (non-hydrogen) atoms. The minimum atomic E-state index is -2.81. The number of hydrogen-bond donors (Lipinski definition) is 3. The van der Waals surface area contributed by atoms with Crippen LogP contribution in [0.4, 0.5) is 20.7 Å². The van der Waals surface area contributed by atoms with Gasteiger partial charge in [0.25, 0.3) is 6.43 Å². The fourth-order valence-electron chi connectivity index (χ4n) is 4.15. The number of anilines is 2. The molecule has 0 amide bonds. The van der Waals surface area contributed by atoms with Crippen LogP contribution in [0.15, 0.2) is 24.3 Å². The number of rotatable bonds is 6. The summed E-state index contributed by atoms with van der Waals surface area (Å²) < 4.78 is 34.5. The molecule has 0 bridgehead atoms. The number of fused-ring (bicyclic) bond motifs is 1. The van der Waals surface area contributed by atoms with Crippen LogP contribution in [0.5, 0.6) is 0 Å². The molecule has 0 unspecified atom stereocenters. The molecule has 4 heterocycles. The summed E-state index contributed by atoms with van der Waals surface area (Å²) in [6, 6.07) is 6.88. The van der Waals surface area contributed by atoms with E-state index >= 15 is 0 Å². The van der Waals surface area contributed by atoms with Crippen LogP contribution in [0.2, 0.25) is 0 Å². The van der Waals surface area contributed by atoms with Crippen LogP contribution in [0.3, 0.4) is 0 Å². The van der Waals surface area contributed by atoms with E-state index in [2.05, 4.69) is 30.6 Å². The molecule has 12 heteroatoms. The number of nitrogens with zero attached hydrogens (tertiary/aromatic N) is 6. The number of ether oxygens (including phenoxy) is 1. The number of alkyl halides is 2. The van der Waals surface area contributed by atoms with E-state index in [0.29, 0.717) is 56.1 Å². The maximum atomic E-state index is 13.9. The van der Waals surface area contributed by atoms with E-state index in [0.717, 1.165) is 13.1 Å². The molecular weight excluding hydrogens is 434 g/mol. The molecule has 1 aromatic carbocycles. The van der Waals surface area contributed by atoms with Gasteiger partial charge < -0.3 is 25.4 Å². The monoisotopic (exact) mass is 460 g/mol. The van der Waals surface area contributed by atoms with Crippen LogP contribution in [-0.4, -0.2) is 81.1 Å². The lowest BCUT2D eigenvalue weighted by molar-refractivity contribution is 0.0230. The highest BCUT2D eigenvalue weighted by atomic mass is 19.3. The normalized spacial score (nSPS) is 18.7. The predicted octanol–water partition coefficient (Wildman–Crippen LogP) is 1.51. The van der Waals surface area contributed by atoms with Gasteiger partial charge in [0.1, 0.15) is 0 Å². The van der Waals surface area contributed by atoms with Gasteiger partial charge in [-0.2, -0.15) is 15.0 Å². The highest BCUT2D eigenvalue weighted by Gasteiger charge is 2.30. The van der Waals surface area contributed by atoms with E-state index in [9.17, 15) is 13.9 Å². The SMILES string of the molecule is OC1(CNc2nc(N3CCOCC3)nc(-n3c(C(F)F)nc4ccccc43)n2)CCNCC1. The van der Waals surface area contributed by atoms with E-state index in [1.807, 2.05) is 4.90 Å². The first kappa shape index (κ1) is 21.9. The van der Waals surface area contributed by atoms with Gasteiger partial charge >= 0.3 is 0 Å². The molecule has 5 rings (SSSR count). The quantitative estimate of drug-likeness (QED) is 0.504. The van der Waals surface area contributed by atoms with Crippen LogP contribution < -0.4 is 15.5 Å². The van der Waals surface area contributed by atoms with Gasteiger partial charge in [-0.05, 0) is 38.1 Å². The zero-order chi connectivity index (χ0) is 22.8. The number of benzene rings is 1. The van der Waals surface area contributed by atoms with Gasteiger partial charge in [-0.3, -0.25) is 4.57 Å². The highest BCUT2D eigenvalue weighted by Crippen LogP contribution is 2.28. The highest BCUT2D eigenvalue weighted by molar-refractivity contribution is 5.77. The number of halogens is 2. The standard InChI is InChI=1S/C21H26F2N8O2/c22-16(23)17-26-14-3-1-2-4-15(14)31(17)20-28-18(25-13-21(32)5-7-24-8-6-21)27-19(29-20)30-9-11-33-12-10-30/h1-4,16,24,32H,5-13H2,(H,25,27,28,29). The van der Waals surface area contributed by atoms with Crippen molar-refractivity contribution in [1.29, 1.82) is 0 Å². The summed E-state index contributed by atoms with van der Waals surface area (Å²) in [5.74, 6) is 0.195. The molecule has 0 saturated carbocycles. The fraction of sp³-hybridized carbons (Fsp3) is 0.524. The summed E-state index contributed by atoms with van der Waals surface area (Å²) >= 11 is 0. The summed E-state index contributed by atoms with van der Waals surface area (Å²) in [4.78, 5) is 19.5. The van der Waals surface area contributed by atoms with E-state index in [-0.39, 0.29) is 18.4 Å². The summed E-state index contributed by atoms with van der Waals surface area (Å²) in [5.41, 5.74) is 0.0158. The minimum Gasteiger partial charge on any atom is -0.388 e. The molecule has 2 fully saturated rings. The van der Waals surface area contributed by atoms with Crippen LogP contribution in [-0.2, 0) is 4.74 Å². The molecule has 0 spiro atoms. The maximum absolute atomic E-state index is 13.9. The van der Waals surface area contributed by atoms with Crippen molar-refractivity contribution in [1.82, 2.24) is 29.8 Å². The first-order valence-corrected chi connectivity index (χ1v) is 11.0.